The fourth-order valence-electron chi connectivity index (χ4n) is 3.63. The molecule has 0 radical (unpaired) electrons. The quantitative estimate of drug-likeness (QED) is 0.589. The number of rotatable bonds is 5. The van der Waals surface area contributed by atoms with Gasteiger partial charge in [-0.1, -0.05) is 22.9 Å². The summed E-state index contributed by atoms with van der Waals surface area (Å²) < 4.78 is 33.5. The number of aromatic nitrogens is 1. The van der Waals surface area contributed by atoms with Gasteiger partial charge in [-0.05, 0) is 61.7 Å². The van der Waals surface area contributed by atoms with Crippen molar-refractivity contribution in [2.24, 2.45) is 5.92 Å². The summed E-state index contributed by atoms with van der Waals surface area (Å²) in [6, 6.07) is 9.96. The van der Waals surface area contributed by atoms with Crippen molar-refractivity contribution in [2.75, 3.05) is 25.5 Å². The summed E-state index contributed by atoms with van der Waals surface area (Å²) in [5.74, 6) is -0.0851. The van der Waals surface area contributed by atoms with E-state index in [4.69, 9.17) is 16.3 Å². The summed E-state index contributed by atoms with van der Waals surface area (Å²) in [4.78, 5) is 17.6. The minimum atomic E-state index is -3.69. The molecule has 1 unspecified atom stereocenters. The first kappa shape index (κ1) is 22.0. The largest absolute Gasteiger partial charge is 0.497 e. The zero-order chi connectivity index (χ0) is 22.2. The summed E-state index contributed by atoms with van der Waals surface area (Å²) in [6.45, 7) is 2.41. The molecule has 1 aliphatic rings. The van der Waals surface area contributed by atoms with Gasteiger partial charge in [0.25, 0.3) is 0 Å². The van der Waals surface area contributed by atoms with Gasteiger partial charge in [-0.15, -0.1) is 0 Å². The summed E-state index contributed by atoms with van der Waals surface area (Å²) in [7, 11) is -2.16. The smallest absolute Gasteiger partial charge is 0.243 e. The average Bonchev–Trinajstić information content (AvgIpc) is 3.19. The molecule has 7 nitrogen and oxygen atoms in total. The molecule has 0 saturated carbocycles. The highest BCUT2D eigenvalue weighted by molar-refractivity contribution is 7.89. The number of hydrogen-bond acceptors (Lipinski definition) is 6. The summed E-state index contributed by atoms with van der Waals surface area (Å²) in [5.41, 5.74) is 1.63. The molecule has 0 bridgehead atoms. The fourth-order valence-corrected chi connectivity index (χ4v) is 6.24. The van der Waals surface area contributed by atoms with Gasteiger partial charge in [-0.25, -0.2) is 13.4 Å². The monoisotopic (exact) mass is 479 g/mol. The van der Waals surface area contributed by atoms with Gasteiger partial charge in [0.2, 0.25) is 15.9 Å². The van der Waals surface area contributed by atoms with Crippen molar-refractivity contribution in [1.82, 2.24) is 9.29 Å². The molecular weight excluding hydrogens is 458 g/mol. The van der Waals surface area contributed by atoms with Crippen molar-refractivity contribution in [3.05, 3.63) is 47.0 Å². The second-order valence-electron chi connectivity index (χ2n) is 7.41. The lowest BCUT2D eigenvalue weighted by molar-refractivity contribution is -0.120. The van der Waals surface area contributed by atoms with E-state index in [-0.39, 0.29) is 17.3 Å². The number of carbonyl (C=O) groups is 1. The number of sulfonamides is 1. The van der Waals surface area contributed by atoms with Gasteiger partial charge in [-0.2, -0.15) is 4.31 Å². The number of methoxy groups -OCH3 is 1. The van der Waals surface area contributed by atoms with E-state index in [0.717, 1.165) is 15.8 Å². The molecule has 1 atom stereocenters. The number of amides is 1. The Morgan fingerprint density at radius 3 is 2.71 bits per heavy atom. The third-order valence-electron chi connectivity index (χ3n) is 5.43. The van der Waals surface area contributed by atoms with Crippen molar-refractivity contribution in [1.29, 1.82) is 0 Å². The van der Waals surface area contributed by atoms with Crippen LogP contribution >= 0.6 is 22.9 Å². The number of anilines is 1. The maximum atomic E-state index is 13.0. The molecule has 164 valence electrons. The van der Waals surface area contributed by atoms with Crippen LogP contribution in [0.15, 0.2) is 41.3 Å². The van der Waals surface area contributed by atoms with E-state index in [1.807, 2.05) is 19.1 Å². The molecule has 1 aliphatic heterocycles. The number of carbonyl (C=O) groups excluding carboxylic acids is 1. The number of nitrogens with one attached hydrogen (secondary N) is 1. The van der Waals surface area contributed by atoms with Crippen LogP contribution in [0.4, 0.5) is 5.13 Å². The first-order valence-corrected chi connectivity index (χ1v) is 12.4. The van der Waals surface area contributed by atoms with Crippen LogP contribution in [0.1, 0.15) is 18.4 Å². The van der Waals surface area contributed by atoms with Crippen LogP contribution in [0, 0.1) is 12.8 Å². The van der Waals surface area contributed by atoms with Crippen LogP contribution in [0.3, 0.4) is 0 Å². The Labute approximate surface area is 190 Å². The first-order chi connectivity index (χ1) is 14.8. The molecule has 2 aromatic carbocycles. The number of hydrogen-bond donors (Lipinski definition) is 1. The minimum Gasteiger partial charge on any atom is -0.497 e. The van der Waals surface area contributed by atoms with Crippen LogP contribution < -0.4 is 10.1 Å². The van der Waals surface area contributed by atoms with E-state index >= 15 is 0 Å². The number of ether oxygens (including phenoxy) is 1. The molecular formula is C21H22ClN3O4S2. The molecule has 1 aromatic heterocycles. The second kappa shape index (κ2) is 8.74. The highest BCUT2D eigenvalue weighted by atomic mass is 35.5. The fraction of sp³-hybridized carbons (Fsp3) is 0.333. The normalized spacial score (nSPS) is 17.6. The second-order valence-corrected chi connectivity index (χ2v) is 10.8. The molecule has 1 fully saturated rings. The minimum absolute atomic E-state index is 0.135. The molecule has 2 heterocycles. The van der Waals surface area contributed by atoms with E-state index in [1.54, 1.807) is 12.1 Å². The molecule has 1 N–H and O–H groups in total. The molecule has 1 saturated heterocycles. The molecule has 10 heteroatoms. The topological polar surface area (TPSA) is 88.6 Å². The first-order valence-electron chi connectivity index (χ1n) is 9.80. The van der Waals surface area contributed by atoms with Crippen LogP contribution in [0.2, 0.25) is 5.02 Å². The van der Waals surface area contributed by atoms with Crippen LogP contribution in [0.5, 0.6) is 5.75 Å². The summed E-state index contributed by atoms with van der Waals surface area (Å²) in [6.07, 6.45) is 1.23. The maximum Gasteiger partial charge on any atom is 0.243 e. The number of nitrogens with zero attached hydrogens (tertiary/aromatic N) is 2. The van der Waals surface area contributed by atoms with Crippen molar-refractivity contribution in [2.45, 2.75) is 24.7 Å². The molecule has 1 amide bonds. The summed E-state index contributed by atoms with van der Waals surface area (Å²) in [5, 5.41) is 3.98. The van der Waals surface area contributed by atoms with E-state index in [2.05, 4.69) is 10.3 Å². The van der Waals surface area contributed by atoms with Crippen LogP contribution in [-0.4, -0.2) is 43.8 Å². The Balaban J connectivity index is 1.49. The lowest BCUT2D eigenvalue weighted by Gasteiger charge is -2.31. The lowest BCUT2D eigenvalue weighted by Crippen LogP contribution is -2.43. The van der Waals surface area contributed by atoms with E-state index < -0.39 is 15.9 Å². The Hall–Kier alpha value is -2.20. The molecule has 4 rings (SSSR count). The number of piperidine rings is 1. The van der Waals surface area contributed by atoms with Crippen molar-refractivity contribution in [3.8, 4) is 5.75 Å². The van der Waals surface area contributed by atoms with E-state index in [1.165, 1.54) is 34.9 Å². The van der Waals surface area contributed by atoms with Gasteiger partial charge in [0.1, 0.15) is 5.75 Å². The average molecular weight is 480 g/mol. The Morgan fingerprint density at radius 2 is 2.00 bits per heavy atom. The highest BCUT2D eigenvalue weighted by Crippen LogP contribution is 2.32. The Bertz CT molecular complexity index is 1230. The third kappa shape index (κ3) is 4.41. The number of benzene rings is 2. The Kier molecular flexibility index (Phi) is 6.20. The molecule has 3 aromatic rings. The number of aryl methyl sites for hydroxylation is 1. The standard InChI is InChI=1S/C21H22ClN3O4S2/c1-13-17(22)9-10-18-19(13)23-21(30-18)24-20(26)14-4-3-11-25(12-14)31(27,28)16-7-5-15(29-2)6-8-16/h5-10,14H,3-4,11-12H2,1-2H3,(H,23,24,26). The maximum absolute atomic E-state index is 13.0. The zero-order valence-corrected chi connectivity index (χ0v) is 19.5. The van der Waals surface area contributed by atoms with Gasteiger partial charge < -0.3 is 10.1 Å². The van der Waals surface area contributed by atoms with E-state index in [9.17, 15) is 13.2 Å². The van der Waals surface area contributed by atoms with Gasteiger partial charge in [0, 0.05) is 18.1 Å². The number of halogens is 1. The number of thiazole rings is 1. The van der Waals surface area contributed by atoms with Crippen molar-refractivity contribution >= 4 is 54.2 Å². The molecule has 31 heavy (non-hydrogen) atoms. The van der Waals surface area contributed by atoms with E-state index in [0.29, 0.717) is 35.3 Å². The third-order valence-corrected chi connectivity index (χ3v) is 8.65. The van der Waals surface area contributed by atoms with Crippen LogP contribution in [-0.2, 0) is 14.8 Å². The van der Waals surface area contributed by atoms with Crippen molar-refractivity contribution < 1.29 is 17.9 Å². The zero-order valence-electron chi connectivity index (χ0n) is 17.1. The number of fused-ring (bicyclic) bond motifs is 1. The summed E-state index contributed by atoms with van der Waals surface area (Å²) >= 11 is 7.53. The van der Waals surface area contributed by atoms with Gasteiger partial charge in [0.15, 0.2) is 5.13 Å². The van der Waals surface area contributed by atoms with Gasteiger partial charge in [-0.3, -0.25) is 4.79 Å². The SMILES string of the molecule is COc1ccc(S(=O)(=O)N2CCCC(C(=O)Nc3nc4c(C)c(Cl)ccc4s3)C2)cc1. The molecule has 0 spiro atoms. The van der Waals surface area contributed by atoms with Gasteiger partial charge in [0.05, 0.1) is 28.1 Å². The predicted octanol–water partition coefficient (Wildman–Crippen LogP) is 4.31. The lowest BCUT2D eigenvalue weighted by atomic mass is 9.99. The molecule has 0 aliphatic carbocycles. The predicted molar refractivity (Wildman–Crippen MR) is 122 cm³/mol. The Morgan fingerprint density at radius 1 is 1.26 bits per heavy atom. The van der Waals surface area contributed by atoms with Crippen molar-refractivity contribution in [3.63, 3.8) is 0 Å². The van der Waals surface area contributed by atoms with Crippen LogP contribution in [0.25, 0.3) is 10.2 Å². The van der Waals surface area contributed by atoms with Gasteiger partial charge >= 0.3 is 0 Å². The highest BCUT2D eigenvalue weighted by Gasteiger charge is 2.33.